The van der Waals surface area contributed by atoms with E-state index in [4.69, 9.17) is 19.8 Å². The molecule has 0 radical (unpaired) electrons. The highest BCUT2D eigenvalue weighted by Gasteiger charge is 2.39. The van der Waals surface area contributed by atoms with Crippen molar-refractivity contribution in [2.75, 3.05) is 26.2 Å². The second-order valence-electron chi connectivity index (χ2n) is 10.8. The number of halogens is 8. The summed E-state index contributed by atoms with van der Waals surface area (Å²) >= 11 is 0. The van der Waals surface area contributed by atoms with E-state index in [0.29, 0.717) is 38.9 Å². The lowest BCUT2D eigenvalue weighted by molar-refractivity contribution is -0.193. The predicted molar refractivity (Wildman–Crippen MR) is 164 cm³/mol. The minimum absolute atomic E-state index is 0.0488. The molecule has 4 N–H and O–H groups in total. The molecule has 1 saturated heterocycles. The van der Waals surface area contributed by atoms with E-state index in [2.05, 4.69) is 15.0 Å². The molecule has 1 unspecified atom stereocenters. The molecular weight excluding hydrogens is 724 g/mol. The summed E-state index contributed by atoms with van der Waals surface area (Å²) in [5.41, 5.74) is 1.94. The van der Waals surface area contributed by atoms with Crippen molar-refractivity contribution in [3.8, 4) is 0 Å². The Morgan fingerprint density at radius 1 is 0.863 bits per heavy atom. The number of carbonyl (C=O) groups is 3. The molecule has 11 nitrogen and oxygen atoms in total. The third-order valence-electron chi connectivity index (χ3n) is 6.98. The number of benzene rings is 2. The van der Waals surface area contributed by atoms with E-state index in [0.717, 1.165) is 17.2 Å². The van der Waals surface area contributed by atoms with Crippen LogP contribution in [0.3, 0.4) is 0 Å². The number of rotatable bonds is 10. The van der Waals surface area contributed by atoms with Gasteiger partial charge in [0.15, 0.2) is 0 Å². The Morgan fingerprint density at radius 2 is 1.41 bits per heavy atom. The molecule has 1 amide bonds. The highest BCUT2D eigenvalue weighted by molar-refractivity contribution is 7.89. The van der Waals surface area contributed by atoms with Crippen LogP contribution in [0.4, 0.5) is 35.1 Å². The predicted octanol–water partition coefficient (Wildman–Crippen LogP) is 4.51. The van der Waals surface area contributed by atoms with Crippen LogP contribution in [-0.2, 0) is 30.8 Å². The van der Waals surface area contributed by atoms with Crippen molar-refractivity contribution in [3.05, 3.63) is 95.8 Å². The number of piperidine rings is 1. The number of aromatic nitrogens is 1. The molecule has 1 atom stereocenters. The maximum Gasteiger partial charge on any atom is 0.490 e. The summed E-state index contributed by atoms with van der Waals surface area (Å²) in [5, 5.41) is 17.2. The maximum absolute atomic E-state index is 13.9. The van der Waals surface area contributed by atoms with Gasteiger partial charge in [0.05, 0.1) is 6.54 Å². The number of carboxylic acids is 2. The standard InChI is InChI=1S/C27H30F2N4O3S.2C2HF3O2/c28-23-9-7-21(8-10-23)22(16-20-4-3-13-30-17-20)18-31-27(34)19-33-14-11-24(12-15-33)32-37(35,36)26-6-2-1-5-25(26)29;2*3-2(4,5)1(6)7/h1-10,13,17,22,24,32H,11-12,14-16,18-19H2,(H,31,34);2*(H,6,7). The van der Waals surface area contributed by atoms with Crippen molar-refractivity contribution in [1.29, 1.82) is 0 Å². The topological polar surface area (TPSA) is 166 Å². The largest absolute Gasteiger partial charge is 0.490 e. The molecule has 51 heavy (non-hydrogen) atoms. The summed E-state index contributed by atoms with van der Waals surface area (Å²) in [4.78, 5) is 36.3. The van der Waals surface area contributed by atoms with Gasteiger partial charge in [-0.05, 0) is 60.7 Å². The van der Waals surface area contributed by atoms with Crippen LogP contribution in [0.5, 0.6) is 0 Å². The van der Waals surface area contributed by atoms with Crippen molar-refractivity contribution < 1.29 is 68.1 Å². The van der Waals surface area contributed by atoms with Gasteiger partial charge in [0, 0.05) is 44.0 Å². The first-order valence-electron chi connectivity index (χ1n) is 14.7. The van der Waals surface area contributed by atoms with Crippen LogP contribution < -0.4 is 10.0 Å². The third-order valence-corrected chi connectivity index (χ3v) is 8.53. The molecule has 4 rings (SSSR count). The number of likely N-dealkylation sites (tertiary alicyclic amines) is 1. The number of carbonyl (C=O) groups excluding carboxylic acids is 1. The van der Waals surface area contributed by atoms with E-state index in [1.807, 2.05) is 17.0 Å². The first-order valence-corrected chi connectivity index (χ1v) is 16.2. The fraction of sp³-hybridized carbons (Fsp3) is 0.355. The molecule has 0 bridgehead atoms. The summed E-state index contributed by atoms with van der Waals surface area (Å²) in [6, 6.07) is 15.1. The minimum Gasteiger partial charge on any atom is -0.475 e. The lowest BCUT2D eigenvalue weighted by Crippen LogP contribution is -2.47. The average molecular weight is 757 g/mol. The molecule has 3 aromatic rings. The molecule has 2 aromatic carbocycles. The summed E-state index contributed by atoms with van der Waals surface area (Å²) in [6.07, 6.45) is -5.01. The Bertz CT molecular complexity index is 1660. The molecule has 20 heteroatoms. The number of hydrogen-bond donors (Lipinski definition) is 4. The lowest BCUT2D eigenvalue weighted by atomic mass is 9.92. The number of hydrogen-bond acceptors (Lipinski definition) is 7. The number of alkyl halides is 6. The van der Waals surface area contributed by atoms with Crippen molar-refractivity contribution in [2.24, 2.45) is 0 Å². The maximum atomic E-state index is 13.9. The smallest absolute Gasteiger partial charge is 0.475 e. The molecule has 1 aliphatic heterocycles. The molecule has 2 heterocycles. The Morgan fingerprint density at radius 3 is 1.90 bits per heavy atom. The Labute approximate surface area is 286 Å². The second-order valence-corrected chi connectivity index (χ2v) is 12.5. The van der Waals surface area contributed by atoms with E-state index >= 15 is 0 Å². The van der Waals surface area contributed by atoms with E-state index in [-0.39, 0.29) is 35.1 Å². The van der Waals surface area contributed by atoms with Crippen molar-refractivity contribution in [2.45, 2.75) is 48.5 Å². The summed E-state index contributed by atoms with van der Waals surface area (Å²) < 4.78 is 119. The third kappa shape index (κ3) is 15.4. The van der Waals surface area contributed by atoms with Gasteiger partial charge in [-0.25, -0.2) is 31.5 Å². The van der Waals surface area contributed by atoms with Crippen LogP contribution in [0.15, 0.2) is 78.0 Å². The van der Waals surface area contributed by atoms with Crippen LogP contribution in [0.25, 0.3) is 0 Å². The van der Waals surface area contributed by atoms with Crippen LogP contribution in [0, 0.1) is 11.6 Å². The number of nitrogens with one attached hydrogen (secondary N) is 2. The van der Waals surface area contributed by atoms with Crippen LogP contribution >= 0.6 is 0 Å². The van der Waals surface area contributed by atoms with Gasteiger partial charge in [0.1, 0.15) is 16.5 Å². The first kappa shape index (κ1) is 42.5. The number of aliphatic carboxylic acids is 2. The molecule has 0 spiro atoms. The zero-order valence-electron chi connectivity index (χ0n) is 26.3. The first-order chi connectivity index (χ1) is 23.7. The van der Waals surface area contributed by atoms with Gasteiger partial charge in [-0.1, -0.05) is 30.3 Å². The van der Waals surface area contributed by atoms with Crippen molar-refractivity contribution in [3.63, 3.8) is 0 Å². The number of carboxylic acid groups (broad SMARTS) is 2. The van der Waals surface area contributed by atoms with Crippen molar-refractivity contribution in [1.82, 2.24) is 19.9 Å². The van der Waals surface area contributed by atoms with E-state index in [1.165, 1.54) is 30.3 Å². The zero-order chi connectivity index (χ0) is 38.4. The van der Waals surface area contributed by atoms with E-state index in [9.17, 15) is 48.3 Å². The second kappa shape index (κ2) is 19.1. The van der Waals surface area contributed by atoms with Crippen molar-refractivity contribution >= 4 is 27.9 Å². The number of amides is 1. The molecule has 280 valence electrons. The molecule has 0 saturated carbocycles. The quantitative estimate of drug-likeness (QED) is 0.218. The lowest BCUT2D eigenvalue weighted by Gasteiger charge is -2.31. The van der Waals surface area contributed by atoms with Gasteiger partial charge in [0.2, 0.25) is 15.9 Å². The fourth-order valence-corrected chi connectivity index (χ4v) is 5.88. The minimum atomic E-state index is -5.08. The van der Waals surface area contributed by atoms with Gasteiger partial charge in [-0.15, -0.1) is 0 Å². The van der Waals surface area contributed by atoms with Gasteiger partial charge >= 0.3 is 24.3 Å². The number of pyridine rings is 1. The van der Waals surface area contributed by atoms with Gasteiger partial charge in [0.25, 0.3) is 0 Å². The summed E-state index contributed by atoms with van der Waals surface area (Å²) in [6.45, 7) is 1.65. The summed E-state index contributed by atoms with van der Waals surface area (Å²) in [7, 11) is -3.95. The van der Waals surface area contributed by atoms with Gasteiger partial charge in [-0.2, -0.15) is 26.3 Å². The molecule has 1 fully saturated rings. The highest BCUT2D eigenvalue weighted by Crippen LogP contribution is 2.21. The Kier molecular flexibility index (Phi) is 15.9. The van der Waals surface area contributed by atoms with Gasteiger partial charge in [-0.3, -0.25) is 14.7 Å². The monoisotopic (exact) mass is 756 g/mol. The molecular formula is C31H32F8N4O7S. The fourth-order valence-electron chi connectivity index (χ4n) is 4.50. The van der Waals surface area contributed by atoms with Gasteiger partial charge < -0.3 is 15.5 Å². The zero-order valence-corrected chi connectivity index (χ0v) is 27.1. The Hall–Kier alpha value is -4.69. The average Bonchev–Trinajstić information content (AvgIpc) is 3.04. The molecule has 0 aliphatic carbocycles. The van der Waals surface area contributed by atoms with E-state index < -0.39 is 40.1 Å². The van der Waals surface area contributed by atoms with Crippen LogP contribution in [0.1, 0.15) is 29.9 Å². The normalized spacial score (nSPS) is 14.6. The number of sulfonamides is 1. The molecule has 1 aromatic heterocycles. The molecule has 1 aliphatic rings. The SMILES string of the molecule is O=C(CN1CCC(NS(=O)(=O)c2ccccc2F)CC1)NCC(Cc1cccnc1)c1ccc(F)cc1.O=C(O)C(F)(F)F.O=C(O)C(F)(F)F. The van der Waals surface area contributed by atoms with E-state index in [1.54, 1.807) is 24.5 Å². The Balaban J connectivity index is 0.000000543. The highest BCUT2D eigenvalue weighted by atomic mass is 32.2. The summed E-state index contributed by atoms with van der Waals surface area (Å²) in [5.74, 6) is -6.80. The van der Waals surface area contributed by atoms with Crippen LogP contribution in [0.2, 0.25) is 0 Å². The number of nitrogens with zero attached hydrogens (tertiary/aromatic N) is 2. The van der Waals surface area contributed by atoms with Crippen LogP contribution in [-0.4, -0.2) is 90.9 Å².